The van der Waals surface area contributed by atoms with Crippen molar-refractivity contribution in [2.24, 2.45) is 35.5 Å². The van der Waals surface area contributed by atoms with Gasteiger partial charge >= 0.3 is 0 Å². The lowest BCUT2D eigenvalue weighted by Gasteiger charge is -2.53. The Bertz CT molecular complexity index is 596. The third kappa shape index (κ3) is 2.17. The molecule has 23 heavy (non-hydrogen) atoms. The van der Waals surface area contributed by atoms with E-state index in [2.05, 4.69) is 39.0 Å². The van der Waals surface area contributed by atoms with E-state index in [1.165, 1.54) is 12.0 Å². The number of rotatable bonds is 1. The number of hydrogen-bond acceptors (Lipinski definition) is 2. The maximum Gasteiger partial charge on any atom is 0.119 e. The van der Waals surface area contributed by atoms with Crippen LogP contribution >= 0.6 is 0 Å². The van der Waals surface area contributed by atoms with Gasteiger partial charge in [-0.15, -0.1) is 0 Å². The topological polar surface area (TPSA) is 29.5 Å². The second-order valence-electron chi connectivity index (χ2n) is 8.45. The molecule has 3 aliphatic carbocycles. The van der Waals surface area contributed by atoms with E-state index in [1.807, 2.05) is 0 Å². The van der Waals surface area contributed by atoms with Crippen molar-refractivity contribution in [3.05, 3.63) is 29.3 Å². The molecule has 0 heterocycles. The molecule has 1 aromatic rings. The van der Waals surface area contributed by atoms with Gasteiger partial charge in [0.15, 0.2) is 0 Å². The van der Waals surface area contributed by atoms with E-state index in [-0.39, 0.29) is 6.10 Å². The highest BCUT2D eigenvalue weighted by atomic mass is 16.5. The first-order valence-corrected chi connectivity index (χ1v) is 9.37. The number of ether oxygens (including phenoxy) is 1. The summed E-state index contributed by atoms with van der Waals surface area (Å²) in [6.45, 7) is 7.25. The Hall–Kier alpha value is -1.02. The number of methoxy groups -OCH3 is 1. The molecule has 8 atom stereocenters. The number of aliphatic hydroxyl groups is 1. The van der Waals surface area contributed by atoms with Crippen LogP contribution in [0, 0.1) is 35.5 Å². The van der Waals surface area contributed by atoms with Gasteiger partial charge in [-0.05, 0) is 83.9 Å². The Labute approximate surface area is 140 Å². The van der Waals surface area contributed by atoms with Crippen LogP contribution in [0.2, 0.25) is 0 Å². The molecule has 1 aromatic carbocycles. The molecule has 2 nitrogen and oxygen atoms in total. The molecule has 0 amide bonds. The van der Waals surface area contributed by atoms with E-state index in [4.69, 9.17) is 4.74 Å². The normalized spacial score (nSPS) is 45.1. The van der Waals surface area contributed by atoms with Gasteiger partial charge in [-0.2, -0.15) is 0 Å². The van der Waals surface area contributed by atoms with Crippen molar-refractivity contribution in [2.45, 2.75) is 52.1 Å². The van der Waals surface area contributed by atoms with Crippen molar-refractivity contribution >= 4 is 0 Å². The zero-order valence-corrected chi connectivity index (χ0v) is 14.8. The molecular weight excluding hydrogens is 284 g/mol. The number of hydrogen-bond donors (Lipinski definition) is 1. The second-order valence-corrected chi connectivity index (χ2v) is 8.45. The second kappa shape index (κ2) is 5.51. The summed E-state index contributed by atoms with van der Waals surface area (Å²) in [6, 6.07) is 6.72. The lowest BCUT2D eigenvalue weighted by atomic mass is 9.51. The van der Waals surface area contributed by atoms with Gasteiger partial charge in [0.2, 0.25) is 0 Å². The highest BCUT2D eigenvalue weighted by molar-refractivity contribution is 5.41. The van der Waals surface area contributed by atoms with E-state index in [1.54, 1.807) is 12.7 Å². The van der Waals surface area contributed by atoms with E-state index in [9.17, 15) is 5.11 Å². The smallest absolute Gasteiger partial charge is 0.119 e. The van der Waals surface area contributed by atoms with Crippen molar-refractivity contribution < 1.29 is 9.84 Å². The fourth-order valence-corrected chi connectivity index (χ4v) is 6.48. The molecule has 2 saturated carbocycles. The summed E-state index contributed by atoms with van der Waals surface area (Å²) in [4.78, 5) is 0. The first-order chi connectivity index (χ1) is 11.0. The Morgan fingerprint density at radius 3 is 2.57 bits per heavy atom. The third-order valence-electron chi connectivity index (χ3n) is 7.55. The minimum atomic E-state index is -0.0668. The summed E-state index contributed by atoms with van der Waals surface area (Å²) in [6.07, 6.45) is 3.33. The van der Waals surface area contributed by atoms with Gasteiger partial charge in [-0.3, -0.25) is 0 Å². The monoisotopic (exact) mass is 314 g/mol. The minimum Gasteiger partial charge on any atom is -0.497 e. The number of benzene rings is 1. The molecule has 1 N–H and O–H groups in total. The Balaban J connectivity index is 1.79. The molecule has 0 aliphatic heterocycles. The quantitative estimate of drug-likeness (QED) is 0.839. The molecule has 0 spiro atoms. The molecule has 3 aliphatic rings. The standard InChI is InChI=1S/C21H30O2/c1-11-9-14-10-15(23-4)5-6-16(14)21-13(3)12(2)20-17(19(11)21)7-8-18(20)22/h5-6,10-13,17-22H,7-9H2,1-4H3. The van der Waals surface area contributed by atoms with Crippen LogP contribution in [0.15, 0.2) is 18.2 Å². The van der Waals surface area contributed by atoms with Crippen LogP contribution in [0.5, 0.6) is 5.75 Å². The van der Waals surface area contributed by atoms with Crippen LogP contribution in [0.3, 0.4) is 0 Å². The molecule has 0 saturated heterocycles. The largest absolute Gasteiger partial charge is 0.497 e. The van der Waals surface area contributed by atoms with Gasteiger partial charge < -0.3 is 9.84 Å². The summed E-state index contributed by atoms with van der Waals surface area (Å²) < 4.78 is 5.45. The zero-order chi connectivity index (χ0) is 16.3. The average molecular weight is 314 g/mol. The van der Waals surface area contributed by atoms with E-state index < -0.39 is 0 Å². The van der Waals surface area contributed by atoms with Crippen molar-refractivity contribution in [3.8, 4) is 5.75 Å². The van der Waals surface area contributed by atoms with Crippen LogP contribution in [0.4, 0.5) is 0 Å². The van der Waals surface area contributed by atoms with Gasteiger partial charge in [0.05, 0.1) is 13.2 Å². The summed E-state index contributed by atoms with van der Waals surface area (Å²) >= 11 is 0. The van der Waals surface area contributed by atoms with Crippen LogP contribution in [-0.4, -0.2) is 18.3 Å². The minimum absolute atomic E-state index is 0.0668. The highest BCUT2D eigenvalue weighted by Crippen LogP contribution is 2.60. The van der Waals surface area contributed by atoms with E-state index in [0.29, 0.717) is 35.5 Å². The maximum absolute atomic E-state index is 10.5. The summed E-state index contributed by atoms with van der Waals surface area (Å²) in [7, 11) is 1.76. The zero-order valence-electron chi connectivity index (χ0n) is 14.8. The Morgan fingerprint density at radius 1 is 1.04 bits per heavy atom. The summed E-state index contributed by atoms with van der Waals surface area (Å²) in [5.74, 6) is 5.57. The van der Waals surface area contributed by atoms with Gasteiger partial charge in [-0.1, -0.05) is 26.8 Å². The van der Waals surface area contributed by atoms with Crippen LogP contribution in [-0.2, 0) is 6.42 Å². The van der Waals surface area contributed by atoms with Crippen molar-refractivity contribution in [1.82, 2.24) is 0 Å². The molecule has 2 heteroatoms. The SMILES string of the molecule is COc1ccc2c(c1)CC(C)C1C3CCC(O)C3C(C)C(C)C21. The summed E-state index contributed by atoms with van der Waals surface area (Å²) in [5, 5.41) is 10.5. The maximum atomic E-state index is 10.5. The molecule has 0 aromatic heterocycles. The lowest BCUT2D eigenvalue weighted by Crippen LogP contribution is -2.48. The molecule has 0 radical (unpaired) electrons. The fraction of sp³-hybridized carbons (Fsp3) is 0.714. The van der Waals surface area contributed by atoms with Crippen molar-refractivity contribution in [3.63, 3.8) is 0 Å². The third-order valence-corrected chi connectivity index (χ3v) is 7.55. The molecule has 126 valence electrons. The van der Waals surface area contributed by atoms with Crippen molar-refractivity contribution in [2.75, 3.05) is 7.11 Å². The fourth-order valence-electron chi connectivity index (χ4n) is 6.48. The summed E-state index contributed by atoms with van der Waals surface area (Å²) in [5.41, 5.74) is 3.06. The predicted octanol–water partition coefficient (Wildman–Crippen LogP) is 4.26. The highest BCUT2D eigenvalue weighted by Gasteiger charge is 2.55. The Kier molecular flexibility index (Phi) is 3.72. The van der Waals surface area contributed by atoms with Gasteiger partial charge in [-0.25, -0.2) is 0 Å². The van der Waals surface area contributed by atoms with Gasteiger partial charge in [0.1, 0.15) is 5.75 Å². The molecule has 8 unspecified atom stereocenters. The molecule has 4 rings (SSSR count). The molecule has 0 bridgehead atoms. The van der Waals surface area contributed by atoms with Crippen LogP contribution in [0.1, 0.15) is 50.7 Å². The molecule has 2 fully saturated rings. The number of aliphatic hydroxyl groups excluding tert-OH is 1. The van der Waals surface area contributed by atoms with Crippen molar-refractivity contribution in [1.29, 1.82) is 0 Å². The van der Waals surface area contributed by atoms with E-state index in [0.717, 1.165) is 24.5 Å². The molecular formula is C21H30O2. The lowest BCUT2D eigenvalue weighted by molar-refractivity contribution is -0.0294. The van der Waals surface area contributed by atoms with Crippen LogP contribution in [0.25, 0.3) is 0 Å². The first kappa shape index (κ1) is 15.5. The number of fused-ring (bicyclic) bond motifs is 5. The Morgan fingerprint density at radius 2 is 1.83 bits per heavy atom. The predicted molar refractivity (Wildman–Crippen MR) is 92.6 cm³/mol. The van der Waals surface area contributed by atoms with E-state index >= 15 is 0 Å². The average Bonchev–Trinajstić information content (AvgIpc) is 2.92. The van der Waals surface area contributed by atoms with Gasteiger partial charge in [0.25, 0.3) is 0 Å². The first-order valence-electron chi connectivity index (χ1n) is 9.37. The van der Waals surface area contributed by atoms with Crippen LogP contribution < -0.4 is 4.74 Å². The van der Waals surface area contributed by atoms with Gasteiger partial charge in [0, 0.05) is 0 Å².